The lowest BCUT2D eigenvalue weighted by Gasteiger charge is -2.39. The Morgan fingerprint density at radius 1 is 0.903 bits per heavy atom. The van der Waals surface area contributed by atoms with Crippen LogP contribution in [-0.4, -0.2) is 46.9 Å². The molecule has 1 aromatic heterocycles. The third-order valence-electron chi connectivity index (χ3n) is 6.70. The highest BCUT2D eigenvalue weighted by molar-refractivity contribution is 6.30. The van der Waals surface area contributed by atoms with Gasteiger partial charge in [-0.05, 0) is 49.6 Å². The third kappa shape index (κ3) is 4.19. The summed E-state index contributed by atoms with van der Waals surface area (Å²) in [4.78, 5) is 4.99. The van der Waals surface area contributed by atoms with Crippen molar-refractivity contribution in [2.75, 3.05) is 31.1 Å². The molecule has 3 aromatic rings. The molecule has 0 bridgehead atoms. The van der Waals surface area contributed by atoms with Gasteiger partial charge in [-0.1, -0.05) is 35.9 Å². The Kier molecular flexibility index (Phi) is 5.67. The number of nitrogens with zero attached hydrogens (tertiary/aromatic N) is 5. The number of piperazine rings is 1. The number of benzene rings is 2. The topological polar surface area (TPSA) is 48.1 Å². The molecule has 6 heteroatoms. The molecule has 1 saturated carbocycles. The molecule has 1 aliphatic heterocycles. The number of halogens is 1. The first-order valence-corrected chi connectivity index (χ1v) is 11.4. The summed E-state index contributed by atoms with van der Waals surface area (Å²) in [5, 5.41) is 15.0. The van der Waals surface area contributed by atoms with E-state index in [0.717, 1.165) is 60.1 Å². The van der Waals surface area contributed by atoms with E-state index in [0.29, 0.717) is 12.1 Å². The van der Waals surface area contributed by atoms with E-state index in [1.807, 2.05) is 42.5 Å². The highest BCUT2D eigenvalue weighted by Gasteiger charge is 2.32. The Balaban J connectivity index is 1.19. The molecule has 2 atom stereocenters. The number of nitriles is 1. The van der Waals surface area contributed by atoms with E-state index in [9.17, 15) is 5.26 Å². The van der Waals surface area contributed by atoms with Crippen molar-refractivity contribution >= 4 is 17.3 Å². The lowest BCUT2D eigenvalue weighted by molar-refractivity contribution is 0.183. The average molecular weight is 432 g/mol. The van der Waals surface area contributed by atoms with Gasteiger partial charge in [0.25, 0.3) is 0 Å². The van der Waals surface area contributed by atoms with Crippen LogP contribution >= 0.6 is 11.6 Å². The van der Waals surface area contributed by atoms with Crippen LogP contribution in [0.3, 0.4) is 0 Å². The van der Waals surface area contributed by atoms with Crippen molar-refractivity contribution in [3.8, 4) is 17.3 Å². The molecule has 5 rings (SSSR count). The Labute approximate surface area is 188 Å². The Morgan fingerprint density at radius 3 is 2.42 bits per heavy atom. The fraction of sp³-hybridized carbons (Fsp3) is 0.360. The maximum atomic E-state index is 9.40. The maximum Gasteiger partial charge on any atom is 0.101 e. The van der Waals surface area contributed by atoms with Crippen LogP contribution < -0.4 is 4.90 Å². The zero-order chi connectivity index (χ0) is 21.2. The van der Waals surface area contributed by atoms with Crippen LogP contribution in [-0.2, 0) is 0 Å². The minimum Gasteiger partial charge on any atom is -0.368 e. The van der Waals surface area contributed by atoms with Crippen molar-refractivity contribution in [3.05, 3.63) is 71.4 Å². The molecule has 1 saturated heterocycles. The van der Waals surface area contributed by atoms with Crippen molar-refractivity contribution in [1.82, 2.24) is 14.7 Å². The zero-order valence-corrected chi connectivity index (χ0v) is 18.2. The number of aromatic nitrogens is 2. The summed E-state index contributed by atoms with van der Waals surface area (Å²) in [6.45, 7) is 4.04. The van der Waals surface area contributed by atoms with Crippen molar-refractivity contribution in [3.63, 3.8) is 0 Å². The van der Waals surface area contributed by atoms with Gasteiger partial charge in [-0.2, -0.15) is 10.4 Å². The third-order valence-corrected chi connectivity index (χ3v) is 6.95. The molecule has 0 radical (unpaired) electrons. The standard InChI is InChI=1S/C25H26ClN5/c26-21-7-5-19(6-8-21)24-11-12-31(28-24)23-10-9-22(17-23)29-13-15-30(16-14-29)25-4-2-1-3-20(25)18-27/h1-8,11-12,22-23H,9-10,13-17H2. The van der Waals surface area contributed by atoms with Crippen LogP contribution in [0.5, 0.6) is 0 Å². The Morgan fingerprint density at radius 2 is 1.65 bits per heavy atom. The summed E-state index contributed by atoms with van der Waals surface area (Å²) in [6, 6.07) is 21.3. The van der Waals surface area contributed by atoms with Gasteiger partial charge >= 0.3 is 0 Å². The number of hydrogen-bond donors (Lipinski definition) is 0. The smallest absolute Gasteiger partial charge is 0.101 e. The second-order valence-electron chi connectivity index (χ2n) is 8.46. The molecule has 2 heterocycles. The van der Waals surface area contributed by atoms with Gasteiger partial charge in [0.2, 0.25) is 0 Å². The first-order chi connectivity index (χ1) is 15.2. The molecule has 5 nitrogen and oxygen atoms in total. The summed E-state index contributed by atoms with van der Waals surface area (Å²) in [7, 11) is 0. The molecule has 31 heavy (non-hydrogen) atoms. The molecule has 0 spiro atoms. The quantitative estimate of drug-likeness (QED) is 0.583. The van der Waals surface area contributed by atoms with E-state index in [4.69, 9.17) is 16.7 Å². The summed E-state index contributed by atoms with van der Waals surface area (Å²) in [5.74, 6) is 0. The summed E-state index contributed by atoms with van der Waals surface area (Å²) in [5.41, 5.74) is 3.95. The van der Waals surface area contributed by atoms with E-state index in [-0.39, 0.29) is 0 Å². The number of anilines is 1. The van der Waals surface area contributed by atoms with Gasteiger partial charge in [-0.25, -0.2) is 0 Å². The molecule has 2 unspecified atom stereocenters. The summed E-state index contributed by atoms with van der Waals surface area (Å²) < 4.78 is 2.16. The van der Waals surface area contributed by atoms with Crippen LogP contribution in [0.25, 0.3) is 11.3 Å². The second kappa shape index (κ2) is 8.74. The number of rotatable bonds is 4. The van der Waals surface area contributed by atoms with E-state index in [1.165, 1.54) is 12.8 Å². The lowest BCUT2D eigenvalue weighted by Crippen LogP contribution is -2.50. The summed E-state index contributed by atoms with van der Waals surface area (Å²) >= 11 is 6.01. The molecule has 0 N–H and O–H groups in total. The molecule has 2 aliphatic rings. The number of hydrogen-bond acceptors (Lipinski definition) is 4. The normalized spacial score (nSPS) is 21.9. The highest BCUT2D eigenvalue weighted by Crippen LogP contribution is 2.34. The zero-order valence-electron chi connectivity index (χ0n) is 17.5. The molecule has 2 aromatic carbocycles. The average Bonchev–Trinajstić information content (AvgIpc) is 3.50. The van der Waals surface area contributed by atoms with Crippen LogP contribution in [0, 0.1) is 11.3 Å². The highest BCUT2D eigenvalue weighted by atomic mass is 35.5. The fourth-order valence-electron chi connectivity index (χ4n) is 4.99. The minimum atomic E-state index is 0.461. The first-order valence-electron chi connectivity index (χ1n) is 11.0. The molecule has 2 fully saturated rings. The van der Waals surface area contributed by atoms with E-state index in [2.05, 4.69) is 38.9 Å². The predicted molar refractivity (Wildman–Crippen MR) is 124 cm³/mol. The first kappa shape index (κ1) is 20.1. The van der Waals surface area contributed by atoms with Crippen molar-refractivity contribution < 1.29 is 0 Å². The number of para-hydroxylation sites is 1. The lowest BCUT2D eigenvalue weighted by atomic mass is 10.1. The van der Waals surface area contributed by atoms with Crippen molar-refractivity contribution in [1.29, 1.82) is 5.26 Å². The van der Waals surface area contributed by atoms with E-state index in [1.54, 1.807) is 0 Å². The van der Waals surface area contributed by atoms with Gasteiger partial charge in [-0.15, -0.1) is 0 Å². The SMILES string of the molecule is N#Cc1ccccc1N1CCN(C2CCC(n3ccc(-c4ccc(Cl)cc4)n3)C2)CC1. The monoisotopic (exact) mass is 431 g/mol. The van der Waals surface area contributed by atoms with Crippen molar-refractivity contribution in [2.24, 2.45) is 0 Å². The molecule has 0 amide bonds. The Hall–Kier alpha value is -2.81. The van der Waals surface area contributed by atoms with Gasteiger partial charge < -0.3 is 4.90 Å². The molecule has 1 aliphatic carbocycles. The van der Waals surface area contributed by atoms with Gasteiger partial charge in [0.15, 0.2) is 0 Å². The van der Waals surface area contributed by atoms with Gasteiger partial charge in [0, 0.05) is 49.0 Å². The second-order valence-corrected chi connectivity index (χ2v) is 8.90. The van der Waals surface area contributed by atoms with Crippen LogP contribution in [0.1, 0.15) is 30.9 Å². The predicted octanol–water partition coefficient (Wildman–Crippen LogP) is 4.99. The molecule has 158 valence electrons. The van der Waals surface area contributed by atoms with E-state index < -0.39 is 0 Å². The van der Waals surface area contributed by atoms with Gasteiger partial charge in [0.1, 0.15) is 6.07 Å². The summed E-state index contributed by atoms with van der Waals surface area (Å²) in [6.07, 6.45) is 5.66. The molecular weight excluding hydrogens is 406 g/mol. The van der Waals surface area contributed by atoms with E-state index >= 15 is 0 Å². The van der Waals surface area contributed by atoms with Crippen LogP contribution in [0.4, 0.5) is 5.69 Å². The van der Waals surface area contributed by atoms with Gasteiger partial charge in [-0.3, -0.25) is 9.58 Å². The maximum absolute atomic E-state index is 9.40. The Bertz CT molecular complexity index is 1080. The van der Waals surface area contributed by atoms with Crippen molar-refractivity contribution in [2.45, 2.75) is 31.3 Å². The van der Waals surface area contributed by atoms with Crippen LogP contribution in [0.2, 0.25) is 5.02 Å². The fourth-order valence-corrected chi connectivity index (χ4v) is 5.12. The van der Waals surface area contributed by atoms with Gasteiger partial charge in [0.05, 0.1) is 23.0 Å². The minimum absolute atomic E-state index is 0.461. The molecular formula is C25H26ClN5. The largest absolute Gasteiger partial charge is 0.368 e. The van der Waals surface area contributed by atoms with Crippen LogP contribution in [0.15, 0.2) is 60.8 Å².